The quantitative estimate of drug-likeness (QED) is 0.192. The Morgan fingerprint density at radius 1 is 0.895 bits per heavy atom. The summed E-state index contributed by atoms with van der Waals surface area (Å²) in [6.45, 7) is 2.17. The summed E-state index contributed by atoms with van der Waals surface area (Å²) in [6, 6.07) is 15.7. The van der Waals surface area contributed by atoms with Crippen LogP contribution in [-0.2, 0) is 14.3 Å². The lowest BCUT2D eigenvalue weighted by Gasteiger charge is -2.25. The number of hydrogen-bond acceptors (Lipinski definition) is 8. The van der Waals surface area contributed by atoms with E-state index in [1.165, 1.54) is 61.6 Å². The number of carbonyl (C=O) groups is 3. The fourth-order valence-electron chi connectivity index (χ4n) is 4.25. The van der Waals surface area contributed by atoms with Crippen LogP contribution in [0.15, 0.2) is 72.3 Å². The van der Waals surface area contributed by atoms with Crippen LogP contribution < -0.4 is 14.4 Å². The Hall–Kier alpha value is -4.79. The number of Topliss-reactive ketones (excluding diaryl/α,β-unsaturated/α-hetero) is 1. The molecule has 1 saturated heterocycles. The zero-order chi connectivity index (χ0) is 27.4. The van der Waals surface area contributed by atoms with Crippen molar-refractivity contribution in [3.8, 4) is 17.2 Å². The number of aromatic hydroxyl groups is 1. The van der Waals surface area contributed by atoms with Gasteiger partial charge in [0.25, 0.3) is 11.7 Å². The second-order valence-electron chi connectivity index (χ2n) is 8.51. The average Bonchev–Trinajstić information content (AvgIpc) is 3.21. The summed E-state index contributed by atoms with van der Waals surface area (Å²) in [4.78, 5) is 40.1. The van der Waals surface area contributed by atoms with E-state index in [9.17, 15) is 24.6 Å². The second kappa shape index (κ2) is 11.1. The lowest BCUT2D eigenvalue weighted by molar-refractivity contribution is -0.132. The third-order valence-corrected chi connectivity index (χ3v) is 6.13. The smallest absolute Gasteiger partial charge is 0.338 e. The third-order valence-electron chi connectivity index (χ3n) is 6.13. The number of hydrogen-bond donors (Lipinski definition) is 2. The maximum absolute atomic E-state index is 13.3. The van der Waals surface area contributed by atoms with Gasteiger partial charge >= 0.3 is 5.97 Å². The van der Waals surface area contributed by atoms with Gasteiger partial charge in [0.05, 0.1) is 38.0 Å². The fraction of sp³-hybridized carbons (Fsp3) is 0.207. The maximum Gasteiger partial charge on any atom is 0.338 e. The van der Waals surface area contributed by atoms with Crippen molar-refractivity contribution in [3.63, 3.8) is 0 Å². The highest BCUT2D eigenvalue weighted by Crippen LogP contribution is 2.43. The van der Waals surface area contributed by atoms with Crippen molar-refractivity contribution in [3.05, 3.63) is 89.0 Å². The van der Waals surface area contributed by atoms with Crippen molar-refractivity contribution in [2.24, 2.45) is 0 Å². The van der Waals surface area contributed by atoms with Gasteiger partial charge in [-0.15, -0.1) is 0 Å². The van der Waals surface area contributed by atoms with Crippen LogP contribution in [-0.4, -0.2) is 48.7 Å². The molecule has 0 aliphatic carbocycles. The van der Waals surface area contributed by atoms with E-state index in [0.29, 0.717) is 34.7 Å². The summed E-state index contributed by atoms with van der Waals surface area (Å²) in [5.41, 5.74) is 1.22. The molecule has 3 aromatic rings. The van der Waals surface area contributed by atoms with Gasteiger partial charge in [0.15, 0.2) is 11.5 Å². The molecule has 1 heterocycles. The van der Waals surface area contributed by atoms with E-state index in [-0.39, 0.29) is 23.5 Å². The van der Waals surface area contributed by atoms with Crippen LogP contribution in [0.4, 0.5) is 5.69 Å². The van der Waals surface area contributed by atoms with E-state index >= 15 is 0 Å². The first kappa shape index (κ1) is 26.3. The van der Waals surface area contributed by atoms with Crippen molar-refractivity contribution >= 4 is 29.1 Å². The van der Waals surface area contributed by atoms with Gasteiger partial charge in [-0.2, -0.15) is 0 Å². The van der Waals surface area contributed by atoms with Gasteiger partial charge in [-0.25, -0.2) is 4.79 Å². The molecule has 1 atom stereocenters. The molecule has 0 spiro atoms. The largest absolute Gasteiger partial charge is 0.508 e. The van der Waals surface area contributed by atoms with Gasteiger partial charge < -0.3 is 24.4 Å². The lowest BCUT2D eigenvalue weighted by Crippen LogP contribution is -2.29. The van der Waals surface area contributed by atoms with E-state index in [2.05, 4.69) is 0 Å². The topological polar surface area (TPSA) is 123 Å². The molecule has 9 nitrogen and oxygen atoms in total. The van der Waals surface area contributed by atoms with Gasteiger partial charge in [0.2, 0.25) is 0 Å². The van der Waals surface area contributed by atoms with Gasteiger partial charge in [0, 0.05) is 11.3 Å². The average molecular weight is 518 g/mol. The van der Waals surface area contributed by atoms with Gasteiger partial charge in [-0.1, -0.05) is 19.1 Å². The van der Waals surface area contributed by atoms with Crippen molar-refractivity contribution in [1.29, 1.82) is 0 Å². The van der Waals surface area contributed by atoms with Gasteiger partial charge in [-0.05, 0) is 66.6 Å². The van der Waals surface area contributed by atoms with Crippen LogP contribution in [0.2, 0.25) is 0 Å². The van der Waals surface area contributed by atoms with E-state index in [0.717, 1.165) is 0 Å². The van der Waals surface area contributed by atoms with Gasteiger partial charge in [0.1, 0.15) is 11.5 Å². The Kier molecular flexibility index (Phi) is 7.66. The number of phenols is 1. The Bertz CT molecular complexity index is 1390. The standard InChI is InChI=1S/C29H27NO8/c1-4-15-38-29(35)18-5-10-20(11-6-18)30-25(17-7-12-21(31)13-8-17)24(27(33)28(30)34)26(32)19-9-14-22(36-2)23(16-19)37-3/h5-14,16,25,31-32H,4,15H2,1-3H3/b26-24-. The number of aliphatic hydroxyl groups excluding tert-OH is 1. The lowest BCUT2D eigenvalue weighted by atomic mass is 9.95. The van der Waals surface area contributed by atoms with Crippen molar-refractivity contribution in [1.82, 2.24) is 0 Å². The summed E-state index contributed by atoms with van der Waals surface area (Å²) in [5, 5.41) is 21.1. The summed E-state index contributed by atoms with van der Waals surface area (Å²) in [7, 11) is 2.92. The van der Waals surface area contributed by atoms with E-state index in [1.54, 1.807) is 24.3 Å². The van der Waals surface area contributed by atoms with E-state index < -0.39 is 29.5 Å². The van der Waals surface area contributed by atoms with Gasteiger partial charge in [-0.3, -0.25) is 14.5 Å². The van der Waals surface area contributed by atoms with Crippen LogP contribution >= 0.6 is 0 Å². The minimum atomic E-state index is -1.01. The van der Waals surface area contributed by atoms with Crippen LogP contribution in [0.5, 0.6) is 17.2 Å². The number of ether oxygens (including phenoxy) is 3. The van der Waals surface area contributed by atoms with Crippen LogP contribution in [0.3, 0.4) is 0 Å². The number of ketones is 1. The predicted molar refractivity (Wildman–Crippen MR) is 139 cm³/mol. The third kappa shape index (κ3) is 4.90. The monoisotopic (exact) mass is 517 g/mol. The zero-order valence-electron chi connectivity index (χ0n) is 21.1. The van der Waals surface area contributed by atoms with Crippen molar-refractivity contribution in [2.45, 2.75) is 19.4 Å². The minimum Gasteiger partial charge on any atom is -0.508 e. The summed E-state index contributed by atoms with van der Waals surface area (Å²) < 4.78 is 15.7. The molecule has 3 aromatic carbocycles. The number of aliphatic hydroxyl groups is 1. The van der Waals surface area contributed by atoms with Crippen LogP contribution in [0.25, 0.3) is 5.76 Å². The molecular formula is C29H27NO8. The first-order valence-electron chi connectivity index (χ1n) is 11.9. The molecule has 0 saturated carbocycles. The number of anilines is 1. The number of carbonyl (C=O) groups excluding carboxylic acids is 3. The second-order valence-corrected chi connectivity index (χ2v) is 8.51. The van der Waals surface area contributed by atoms with Crippen LogP contribution in [0.1, 0.15) is 40.9 Å². The maximum atomic E-state index is 13.3. The Morgan fingerprint density at radius 2 is 1.53 bits per heavy atom. The highest BCUT2D eigenvalue weighted by atomic mass is 16.5. The molecule has 196 valence electrons. The summed E-state index contributed by atoms with van der Waals surface area (Å²) >= 11 is 0. The Labute approximate surface area is 219 Å². The fourth-order valence-corrected chi connectivity index (χ4v) is 4.25. The number of amides is 1. The molecule has 0 bridgehead atoms. The first-order chi connectivity index (χ1) is 18.3. The predicted octanol–water partition coefficient (Wildman–Crippen LogP) is 4.60. The van der Waals surface area contributed by atoms with E-state index in [1.807, 2.05) is 6.92 Å². The zero-order valence-corrected chi connectivity index (χ0v) is 21.1. The minimum absolute atomic E-state index is 0.000497. The summed E-state index contributed by atoms with van der Waals surface area (Å²) in [5.74, 6) is -1.88. The molecule has 1 aliphatic heterocycles. The Balaban J connectivity index is 1.84. The van der Waals surface area contributed by atoms with Crippen molar-refractivity contribution < 1.29 is 38.8 Å². The molecule has 38 heavy (non-hydrogen) atoms. The number of phenolic OH excluding ortho intramolecular Hbond substituents is 1. The highest BCUT2D eigenvalue weighted by molar-refractivity contribution is 6.51. The molecule has 9 heteroatoms. The SMILES string of the molecule is CCCOC(=O)c1ccc(N2C(=O)C(=O)/C(=C(\O)c3ccc(OC)c(OC)c3)C2c2ccc(O)cc2)cc1. The summed E-state index contributed by atoms with van der Waals surface area (Å²) in [6.07, 6.45) is 0.682. The number of rotatable bonds is 8. The molecule has 1 fully saturated rings. The molecule has 1 unspecified atom stereocenters. The molecule has 4 rings (SSSR count). The van der Waals surface area contributed by atoms with E-state index in [4.69, 9.17) is 14.2 Å². The molecule has 2 N–H and O–H groups in total. The number of benzene rings is 3. The van der Waals surface area contributed by atoms with Crippen molar-refractivity contribution in [2.75, 3.05) is 25.7 Å². The van der Waals surface area contributed by atoms with Crippen LogP contribution in [0, 0.1) is 0 Å². The molecule has 0 aromatic heterocycles. The normalized spacial score (nSPS) is 16.4. The molecular weight excluding hydrogens is 490 g/mol. The highest BCUT2D eigenvalue weighted by Gasteiger charge is 2.47. The first-order valence-corrected chi connectivity index (χ1v) is 11.9. The number of esters is 1. The molecule has 1 amide bonds. The number of methoxy groups -OCH3 is 2. The molecule has 0 radical (unpaired) electrons. The Morgan fingerprint density at radius 3 is 2.13 bits per heavy atom. The number of nitrogens with zero attached hydrogens (tertiary/aromatic N) is 1. The molecule has 1 aliphatic rings.